The molecule has 3 heterocycles. The fraction of sp³-hybridized carbons (Fsp3) is 0.455. The third kappa shape index (κ3) is 0.799. The molecule has 1 saturated carbocycles. The van der Waals surface area contributed by atoms with Crippen molar-refractivity contribution in [3.8, 4) is 5.88 Å². The Bertz CT molecular complexity index is 519. The Morgan fingerprint density at radius 3 is 3.19 bits per heavy atom. The van der Waals surface area contributed by atoms with Crippen molar-refractivity contribution in [3.05, 3.63) is 22.8 Å². The number of carbonyl (C=O) groups excluding carboxylic acids is 1. The molecule has 4 nitrogen and oxygen atoms in total. The number of ether oxygens (including phenoxy) is 1. The van der Waals surface area contributed by atoms with Crippen LogP contribution >= 0.6 is 11.6 Å². The van der Waals surface area contributed by atoms with E-state index in [1.165, 1.54) is 0 Å². The van der Waals surface area contributed by atoms with Crippen molar-refractivity contribution in [2.75, 3.05) is 0 Å². The second-order valence-corrected chi connectivity index (χ2v) is 5.01. The Kier molecular flexibility index (Phi) is 1.38. The largest absolute Gasteiger partial charge is 0.467 e. The highest BCUT2D eigenvalue weighted by atomic mass is 35.5. The summed E-state index contributed by atoms with van der Waals surface area (Å²) in [5.74, 6) is 0.411. The number of carbonyl (C=O) groups is 1. The van der Waals surface area contributed by atoms with E-state index < -0.39 is 0 Å². The summed E-state index contributed by atoms with van der Waals surface area (Å²) in [6, 6.07) is 3.71. The van der Waals surface area contributed by atoms with Crippen molar-refractivity contribution in [2.45, 2.75) is 30.4 Å². The molecular formula is C11H9ClN2O2. The molecule has 1 aliphatic carbocycles. The predicted octanol–water partition coefficient (Wildman–Crippen LogP) is 1.24. The van der Waals surface area contributed by atoms with E-state index in [2.05, 4.69) is 10.3 Å². The minimum absolute atomic E-state index is 0.0605. The zero-order chi connectivity index (χ0) is 10.9. The number of nitrogens with one attached hydrogen (secondary N) is 1. The van der Waals surface area contributed by atoms with Gasteiger partial charge in [0.2, 0.25) is 11.8 Å². The number of halogens is 1. The molecule has 1 amide bonds. The van der Waals surface area contributed by atoms with E-state index in [9.17, 15) is 4.79 Å². The van der Waals surface area contributed by atoms with Crippen molar-refractivity contribution in [1.82, 2.24) is 10.3 Å². The van der Waals surface area contributed by atoms with Gasteiger partial charge in [0.1, 0.15) is 16.7 Å². The number of nitrogens with zero attached hydrogens (tertiary/aromatic N) is 1. The summed E-state index contributed by atoms with van der Waals surface area (Å²) in [6.07, 6.45) is 1.90. The average Bonchev–Trinajstić information content (AvgIpc) is 2.67. The van der Waals surface area contributed by atoms with Crippen molar-refractivity contribution >= 4 is 17.5 Å². The summed E-state index contributed by atoms with van der Waals surface area (Å²) in [4.78, 5) is 16.1. The Morgan fingerprint density at radius 1 is 1.56 bits per heavy atom. The second kappa shape index (κ2) is 2.51. The van der Waals surface area contributed by atoms with Gasteiger partial charge in [-0.15, -0.1) is 0 Å². The average molecular weight is 237 g/mol. The summed E-state index contributed by atoms with van der Waals surface area (Å²) < 4.78 is 5.89. The topological polar surface area (TPSA) is 51.2 Å². The van der Waals surface area contributed by atoms with E-state index in [-0.39, 0.29) is 23.5 Å². The minimum Gasteiger partial charge on any atom is -0.467 e. The molecule has 82 valence electrons. The molecule has 1 N–H and O–H groups in total. The molecular weight excluding hydrogens is 228 g/mol. The SMILES string of the molecule is O=C1N[C@H]2CC[C@]23Oc2nc(Cl)ccc2[C@H]13. The number of aromatic nitrogens is 1. The molecule has 3 aliphatic rings. The lowest BCUT2D eigenvalue weighted by atomic mass is 9.69. The first-order valence-corrected chi connectivity index (χ1v) is 5.74. The molecule has 3 atom stereocenters. The minimum atomic E-state index is -0.364. The van der Waals surface area contributed by atoms with Crippen LogP contribution in [-0.4, -0.2) is 22.5 Å². The van der Waals surface area contributed by atoms with Crippen LogP contribution in [-0.2, 0) is 4.79 Å². The molecule has 1 spiro atoms. The molecule has 5 heteroatoms. The molecule has 0 radical (unpaired) electrons. The standard InChI is InChI=1S/C11H9ClN2O2/c12-7-2-1-5-8-9(15)13-6-3-4-11(6,8)16-10(5)14-7/h1-2,6,8H,3-4H2,(H,13,15)/t6-,8+,11-/m0/s1. The van der Waals surface area contributed by atoms with Crippen molar-refractivity contribution in [2.24, 2.45) is 0 Å². The quantitative estimate of drug-likeness (QED) is 0.690. The zero-order valence-electron chi connectivity index (χ0n) is 8.37. The Hall–Kier alpha value is -1.29. The molecule has 0 bridgehead atoms. The molecule has 4 rings (SSSR count). The zero-order valence-corrected chi connectivity index (χ0v) is 9.12. The van der Waals surface area contributed by atoms with Gasteiger partial charge in [0.15, 0.2) is 0 Å². The first kappa shape index (κ1) is 8.82. The van der Waals surface area contributed by atoms with Crippen LogP contribution < -0.4 is 10.1 Å². The van der Waals surface area contributed by atoms with Crippen LogP contribution in [0.5, 0.6) is 5.88 Å². The van der Waals surface area contributed by atoms with Crippen molar-refractivity contribution in [1.29, 1.82) is 0 Å². The normalized spacial score (nSPS) is 37.9. The molecule has 2 fully saturated rings. The van der Waals surface area contributed by atoms with Gasteiger partial charge in [-0.2, -0.15) is 0 Å². The van der Waals surface area contributed by atoms with Gasteiger partial charge in [0, 0.05) is 5.56 Å². The Labute approximate surface area is 97.0 Å². The predicted molar refractivity (Wildman–Crippen MR) is 56.5 cm³/mol. The monoisotopic (exact) mass is 236 g/mol. The van der Waals surface area contributed by atoms with Gasteiger partial charge in [-0.05, 0) is 25.0 Å². The first-order valence-electron chi connectivity index (χ1n) is 5.36. The maximum Gasteiger partial charge on any atom is 0.232 e. The first-order chi connectivity index (χ1) is 7.71. The van der Waals surface area contributed by atoms with Crippen LogP contribution in [0.15, 0.2) is 12.1 Å². The van der Waals surface area contributed by atoms with Crippen LogP contribution in [0.4, 0.5) is 0 Å². The number of pyridine rings is 1. The number of hydrogen-bond donors (Lipinski definition) is 1. The molecule has 1 aromatic rings. The third-order valence-corrected chi connectivity index (χ3v) is 4.14. The van der Waals surface area contributed by atoms with Crippen LogP contribution in [0.3, 0.4) is 0 Å². The molecule has 0 aromatic carbocycles. The molecule has 1 saturated heterocycles. The van der Waals surface area contributed by atoms with Crippen LogP contribution in [0, 0.1) is 0 Å². The summed E-state index contributed by atoms with van der Waals surface area (Å²) in [7, 11) is 0. The fourth-order valence-corrected chi connectivity index (χ4v) is 3.23. The molecule has 0 unspecified atom stereocenters. The summed E-state index contributed by atoms with van der Waals surface area (Å²) in [6.45, 7) is 0. The van der Waals surface area contributed by atoms with Gasteiger partial charge in [-0.25, -0.2) is 4.98 Å². The van der Waals surface area contributed by atoms with E-state index in [4.69, 9.17) is 16.3 Å². The Balaban J connectivity index is 1.91. The smallest absolute Gasteiger partial charge is 0.232 e. The molecule has 1 aromatic heterocycles. The van der Waals surface area contributed by atoms with Crippen molar-refractivity contribution < 1.29 is 9.53 Å². The number of hydrogen-bond acceptors (Lipinski definition) is 3. The van der Waals surface area contributed by atoms with E-state index >= 15 is 0 Å². The number of amides is 1. The summed E-state index contributed by atoms with van der Waals surface area (Å²) >= 11 is 5.82. The van der Waals surface area contributed by atoms with Gasteiger partial charge >= 0.3 is 0 Å². The van der Waals surface area contributed by atoms with Crippen LogP contribution in [0.1, 0.15) is 24.3 Å². The van der Waals surface area contributed by atoms with Gasteiger partial charge in [0.05, 0.1) is 6.04 Å². The molecule has 16 heavy (non-hydrogen) atoms. The highest BCUT2D eigenvalue weighted by Crippen LogP contribution is 2.57. The number of rotatable bonds is 0. The van der Waals surface area contributed by atoms with Crippen molar-refractivity contribution in [3.63, 3.8) is 0 Å². The summed E-state index contributed by atoms with van der Waals surface area (Å²) in [5, 5.41) is 3.39. The number of fused-ring (bicyclic) bond motifs is 2. The van der Waals surface area contributed by atoms with Gasteiger partial charge < -0.3 is 10.1 Å². The third-order valence-electron chi connectivity index (χ3n) is 3.93. The summed E-state index contributed by atoms with van der Waals surface area (Å²) in [5.41, 5.74) is 0.515. The Morgan fingerprint density at radius 2 is 2.44 bits per heavy atom. The van der Waals surface area contributed by atoms with Crippen LogP contribution in [0.2, 0.25) is 5.15 Å². The fourth-order valence-electron chi connectivity index (χ4n) is 3.09. The van der Waals surface area contributed by atoms with Gasteiger partial charge in [-0.3, -0.25) is 4.79 Å². The highest BCUT2D eigenvalue weighted by Gasteiger charge is 2.67. The van der Waals surface area contributed by atoms with Gasteiger partial charge in [0.25, 0.3) is 0 Å². The van der Waals surface area contributed by atoms with E-state index in [0.29, 0.717) is 11.0 Å². The van der Waals surface area contributed by atoms with Crippen LogP contribution in [0.25, 0.3) is 0 Å². The second-order valence-electron chi connectivity index (χ2n) is 4.62. The lowest BCUT2D eigenvalue weighted by Crippen LogP contribution is -2.56. The van der Waals surface area contributed by atoms with Gasteiger partial charge in [-0.1, -0.05) is 11.6 Å². The highest BCUT2D eigenvalue weighted by molar-refractivity contribution is 6.29. The van der Waals surface area contributed by atoms with E-state index in [1.807, 2.05) is 6.07 Å². The lowest BCUT2D eigenvalue weighted by molar-refractivity contribution is -0.121. The maximum absolute atomic E-state index is 11.9. The lowest BCUT2D eigenvalue weighted by Gasteiger charge is -2.41. The maximum atomic E-state index is 11.9. The molecule has 2 aliphatic heterocycles. The van der Waals surface area contributed by atoms with E-state index in [1.54, 1.807) is 6.07 Å². The van der Waals surface area contributed by atoms with E-state index in [0.717, 1.165) is 18.4 Å².